The quantitative estimate of drug-likeness (QED) is 0.765. The number of carbonyl (C=O) groups is 1. The van der Waals surface area contributed by atoms with E-state index in [0.717, 1.165) is 16.8 Å². The van der Waals surface area contributed by atoms with Crippen LogP contribution in [0.2, 0.25) is 0 Å². The van der Waals surface area contributed by atoms with Gasteiger partial charge in [0.05, 0.1) is 12.3 Å². The zero-order valence-corrected chi connectivity index (χ0v) is 12.3. The lowest BCUT2D eigenvalue weighted by atomic mass is 10.0. The molecule has 0 amide bonds. The molecule has 20 heavy (non-hydrogen) atoms. The van der Waals surface area contributed by atoms with Gasteiger partial charge < -0.3 is 0 Å². The molecule has 2 rings (SSSR count). The summed E-state index contributed by atoms with van der Waals surface area (Å²) in [5.41, 5.74) is 2.93. The van der Waals surface area contributed by atoms with Crippen molar-refractivity contribution in [2.24, 2.45) is 4.99 Å². The molecular weight excluding hydrogens is 246 g/mol. The van der Waals surface area contributed by atoms with Gasteiger partial charge in [0.15, 0.2) is 5.78 Å². The van der Waals surface area contributed by atoms with Gasteiger partial charge in [0, 0.05) is 11.1 Å². The number of nitrogens with zero attached hydrogens (tertiary/aromatic N) is 1. The van der Waals surface area contributed by atoms with Crippen molar-refractivity contribution in [1.82, 2.24) is 0 Å². The van der Waals surface area contributed by atoms with Crippen molar-refractivity contribution >= 4 is 11.5 Å². The van der Waals surface area contributed by atoms with Crippen LogP contribution < -0.4 is 0 Å². The van der Waals surface area contributed by atoms with Crippen molar-refractivity contribution in [2.75, 3.05) is 6.54 Å². The van der Waals surface area contributed by atoms with Gasteiger partial charge in [-0.1, -0.05) is 74.5 Å². The summed E-state index contributed by atoms with van der Waals surface area (Å²) in [7, 11) is 0. The first kappa shape index (κ1) is 15.8. The number of Topliss-reactive ketones (excluding diaryl/α,β-unsaturated/α-hetero) is 1. The van der Waals surface area contributed by atoms with E-state index >= 15 is 0 Å². The Bertz CT molecular complexity index is 503. The zero-order valence-electron chi connectivity index (χ0n) is 12.3. The van der Waals surface area contributed by atoms with Crippen LogP contribution >= 0.6 is 0 Å². The lowest BCUT2D eigenvalue weighted by Crippen LogP contribution is -2.06. The van der Waals surface area contributed by atoms with Crippen molar-refractivity contribution in [3.8, 4) is 0 Å². The molecule has 2 heteroatoms. The lowest BCUT2D eigenvalue weighted by molar-refractivity contribution is -0.115. The van der Waals surface area contributed by atoms with Gasteiger partial charge in [0.1, 0.15) is 0 Å². The Morgan fingerprint density at radius 3 is 1.60 bits per heavy atom. The SMILES string of the molecule is CC.CC(=O)CN=C(c1ccccc1)c1ccccc1. The molecule has 0 bridgehead atoms. The highest BCUT2D eigenvalue weighted by Crippen LogP contribution is 2.10. The Kier molecular flexibility index (Phi) is 6.97. The van der Waals surface area contributed by atoms with Crippen LogP contribution in [0.3, 0.4) is 0 Å². The number of rotatable bonds is 4. The van der Waals surface area contributed by atoms with Gasteiger partial charge in [0.2, 0.25) is 0 Å². The van der Waals surface area contributed by atoms with E-state index in [1.807, 2.05) is 74.5 Å². The number of carbonyl (C=O) groups excluding carboxylic acids is 1. The Hall–Kier alpha value is -2.22. The molecule has 0 saturated heterocycles. The normalized spacial score (nSPS) is 9.15. The van der Waals surface area contributed by atoms with Crippen molar-refractivity contribution < 1.29 is 4.79 Å². The van der Waals surface area contributed by atoms with Crippen LogP contribution in [0.25, 0.3) is 0 Å². The lowest BCUT2D eigenvalue weighted by Gasteiger charge is -2.06. The van der Waals surface area contributed by atoms with Crippen LogP contribution in [0.4, 0.5) is 0 Å². The number of hydrogen-bond acceptors (Lipinski definition) is 2. The summed E-state index contributed by atoms with van der Waals surface area (Å²) < 4.78 is 0. The minimum atomic E-state index is 0.0689. The number of benzene rings is 2. The third kappa shape index (κ3) is 4.81. The second kappa shape index (κ2) is 8.81. The molecule has 0 unspecified atom stereocenters. The van der Waals surface area contributed by atoms with E-state index in [1.54, 1.807) is 6.92 Å². The average molecular weight is 267 g/mol. The molecule has 2 aromatic carbocycles. The molecule has 0 aromatic heterocycles. The molecule has 0 fully saturated rings. The first-order valence-electron chi connectivity index (χ1n) is 6.92. The smallest absolute Gasteiger partial charge is 0.151 e. The van der Waals surface area contributed by atoms with E-state index < -0.39 is 0 Å². The van der Waals surface area contributed by atoms with Crippen molar-refractivity contribution in [2.45, 2.75) is 20.8 Å². The Morgan fingerprint density at radius 1 is 0.850 bits per heavy atom. The minimum absolute atomic E-state index is 0.0689. The topological polar surface area (TPSA) is 29.4 Å². The summed E-state index contributed by atoms with van der Waals surface area (Å²) in [4.78, 5) is 15.5. The summed E-state index contributed by atoms with van der Waals surface area (Å²) in [6, 6.07) is 19.9. The largest absolute Gasteiger partial charge is 0.298 e. The maximum absolute atomic E-state index is 11.1. The van der Waals surface area contributed by atoms with E-state index in [4.69, 9.17) is 0 Å². The molecule has 0 aliphatic rings. The van der Waals surface area contributed by atoms with Crippen molar-refractivity contribution in [3.63, 3.8) is 0 Å². The molecule has 0 atom stereocenters. The Labute approximate surface area is 121 Å². The maximum Gasteiger partial charge on any atom is 0.151 e. The number of ketones is 1. The minimum Gasteiger partial charge on any atom is -0.298 e. The third-order valence-electron chi connectivity index (χ3n) is 2.55. The van der Waals surface area contributed by atoms with Gasteiger partial charge in [-0.15, -0.1) is 0 Å². The van der Waals surface area contributed by atoms with Crippen molar-refractivity contribution in [3.05, 3.63) is 71.8 Å². The standard InChI is InChI=1S/C16H15NO.C2H6/c1-13(18)12-17-16(14-8-4-2-5-9-14)15-10-6-3-7-11-15;1-2/h2-11H,12H2,1H3;1-2H3. The molecule has 2 nitrogen and oxygen atoms in total. The fourth-order valence-electron chi connectivity index (χ4n) is 1.73. The average Bonchev–Trinajstić information content (AvgIpc) is 2.51. The van der Waals surface area contributed by atoms with Crippen LogP contribution in [0.1, 0.15) is 31.9 Å². The van der Waals surface area contributed by atoms with E-state index in [1.165, 1.54) is 0 Å². The van der Waals surface area contributed by atoms with Crippen molar-refractivity contribution in [1.29, 1.82) is 0 Å². The molecule has 2 aromatic rings. The fraction of sp³-hybridized carbons (Fsp3) is 0.222. The van der Waals surface area contributed by atoms with E-state index in [0.29, 0.717) is 0 Å². The molecule has 0 aliphatic heterocycles. The first-order chi connectivity index (χ1) is 9.77. The van der Waals surface area contributed by atoms with Crippen LogP contribution in [0, 0.1) is 0 Å². The maximum atomic E-state index is 11.1. The Balaban J connectivity index is 0.000000956. The highest BCUT2D eigenvalue weighted by molar-refractivity contribution is 6.13. The predicted molar refractivity (Wildman–Crippen MR) is 85.4 cm³/mol. The predicted octanol–water partition coefficient (Wildman–Crippen LogP) is 4.14. The Morgan fingerprint density at radius 2 is 1.25 bits per heavy atom. The second-order valence-corrected chi connectivity index (χ2v) is 4.10. The van der Waals surface area contributed by atoms with Crippen LogP contribution in [-0.4, -0.2) is 18.0 Å². The molecule has 104 valence electrons. The van der Waals surface area contributed by atoms with Crippen LogP contribution in [0.15, 0.2) is 65.7 Å². The monoisotopic (exact) mass is 267 g/mol. The fourth-order valence-corrected chi connectivity index (χ4v) is 1.73. The molecule has 0 spiro atoms. The van der Waals surface area contributed by atoms with Gasteiger partial charge in [-0.25, -0.2) is 0 Å². The van der Waals surface area contributed by atoms with Gasteiger partial charge >= 0.3 is 0 Å². The summed E-state index contributed by atoms with van der Waals surface area (Å²) in [5, 5.41) is 0. The highest BCUT2D eigenvalue weighted by atomic mass is 16.1. The van der Waals surface area contributed by atoms with E-state index in [2.05, 4.69) is 4.99 Å². The summed E-state index contributed by atoms with van der Waals surface area (Å²) >= 11 is 0. The van der Waals surface area contributed by atoms with E-state index in [9.17, 15) is 4.79 Å². The molecule has 0 N–H and O–H groups in total. The second-order valence-electron chi connectivity index (χ2n) is 4.10. The van der Waals surface area contributed by atoms with Gasteiger partial charge in [-0.3, -0.25) is 9.79 Å². The zero-order chi connectivity index (χ0) is 14.8. The summed E-state index contributed by atoms with van der Waals surface area (Å²) in [6.07, 6.45) is 0. The molecule has 0 heterocycles. The van der Waals surface area contributed by atoms with Crippen LogP contribution in [0.5, 0.6) is 0 Å². The number of hydrogen-bond donors (Lipinski definition) is 0. The van der Waals surface area contributed by atoms with Gasteiger partial charge in [0.25, 0.3) is 0 Å². The first-order valence-corrected chi connectivity index (χ1v) is 6.92. The van der Waals surface area contributed by atoms with Crippen LogP contribution in [-0.2, 0) is 4.79 Å². The molecular formula is C18H21NO. The highest BCUT2D eigenvalue weighted by Gasteiger charge is 2.05. The molecule has 0 saturated carbocycles. The summed E-state index contributed by atoms with van der Waals surface area (Å²) in [5.74, 6) is 0.0689. The van der Waals surface area contributed by atoms with Gasteiger partial charge in [-0.2, -0.15) is 0 Å². The molecule has 0 aliphatic carbocycles. The summed E-state index contributed by atoms with van der Waals surface area (Å²) in [6.45, 7) is 5.77. The van der Waals surface area contributed by atoms with E-state index in [-0.39, 0.29) is 12.3 Å². The third-order valence-corrected chi connectivity index (χ3v) is 2.55. The number of aliphatic imine (C=N–C) groups is 1. The van der Waals surface area contributed by atoms with Gasteiger partial charge in [-0.05, 0) is 6.92 Å². The molecule has 0 radical (unpaired) electrons.